The van der Waals surface area contributed by atoms with Crippen LogP contribution in [0.2, 0.25) is 0 Å². The van der Waals surface area contributed by atoms with E-state index < -0.39 is 0 Å². The highest BCUT2D eigenvalue weighted by Gasteiger charge is 2.17. The fraction of sp³-hybridized carbons (Fsp3) is 0.500. The van der Waals surface area contributed by atoms with Crippen LogP contribution in [0.1, 0.15) is 31.2 Å². The summed E-state index contributed by atoms with van der Waals surface area (Å²) in [4.78, 5) is 11.7. The third-order valence-electron chi connectivity index (χ3n) is 3.24. The fourth-order valence-corrected chi connectivity index (χ4v) is 2.28. The number of nitrogens with one attached hydrogen (secondary N) is 1. The molecule has 0 heterocycles. The van der Waals surface area contributed by atoms with Crippen molar-refractivity contribution in [2.75, 3.05) is 12.3 Å². The zero-order valence-electron chi connectivity index (χ0n) is 10.7. The summed E-state index contributed by atoms with van der Waals surface area (Å²) in [6.07, 6.45) is 4.57. The van der Waals surface area contributed by atoms with Gasteiger partial charge in [0.1, 0.15) is 5.75 Å². The third kappa shape index (κ3) is 3.39. The predicted octanol–water partition coefficient (Wildman–Crippen LogP) is 2.01. The number of hydrogen-bond acceptors (Lipinski definition) is 3. The second-order valence-electron chi connectivity index (χ2n) is 4.88. The van der Waals surface area contributed by atoms with Crippen molar-refractivity contribution in [3.63, 3.8) is 0 Å². The topological polar surface area (TPSA) is 64.3 Å². The van der Waals surface area contributed by atoms with Crippen LogP contribution < -0.4 is 15.8 Å². The Balaban J connectivity index is 1.81. The predicted molar refractivity (Wildman–Crippen MR) is 71.5 cm³/mol. The summed E-state index contributed by atoms with van der Waals surface area (Å²) < 4.78 is 5.43. The second-order valence-corrected chi connectivity index (χ2v) is 4.88. The molecule has 2 rings (SSSR count). The van der Waals surface area contributed by atoms with Gasteiger partial charge in [0.25, 0.3) is 5.91 Å². The standard InChI is InChI=1S/C14H20N2O2/c1-10-6-7-13(12(15)8-10)18-9-14(17)16-11-4-2-3-5-11/h6-8,11H,2-5,9,15H2,1H3,(H,16,17). The van der Waals surface area contributed by atoms with Crippen molar-refractivity contribution in [1.82, 2.24) is 5.32 Å². The molecule has 0 bridgehead atoms. The molecule has 1 amide bonds. The van der Waals surface area contributed by atoms with Crippen LogP contribution in [-0.4, -0.2) is 18.6 Å². The number of ether oxygens (including phenoxy) is 1. The first-order valence-corrected chi connectivity index (χ1v) is 6.43. The summed E-state index contributed by atoms with van der Waals surface area (Å²) in [6, 6.07) is 5.88. The molecule has 0 unspecified atom stereocenters. The van der Waals surface area contributed by atoms with Gasteiger partial charge in [-0.1, -0.05) is 18.9 Å². The molecule has 0 radical (unpaired) electrons. The molecule has 1 aromatic rings. The van der Waals surface area contributed by atoms with E-state index in [0.717, 1.165) is 18.4 Å². The van der Waals surface area contributed by atoms with Gasteiger partial charge in [-0.15, -0.1) is 0 Å². The Morgan fingerprint density at radius 2 is 2.17 bits per heavy atom. The van der Waals surface area contributed by atoms with Crippen LogP contribution in [0.5, 0.6) is 5.75 Å². The number of nitrogen functional groups attached to an aromatic ring is 1. The maximum absolute atomic E-state index is 11.7. The van der Waals surface area contributed by atoms with Crippen molar-refractivity contribution >= 4 is 11.6 Å². The molecule has 4 heteroatoms. The molecule has 0 aliphatic heterocycles. The number of nitrogens with two attached hydrogens (primary N) is 1. The van der Waals surface area contributed by atoms with Crippen molar-refractivity contribution in [2.45, 2.75) is 38.6 Å². The minimum Gasteiger partial charge on any atom is -0.482 e. The van der Waals surface area contributed by atoms with E-state index >= 15 is 0 Å². The zero-order chi connectivity index (χ0) is 13.0. The number of benzene rings is 1. The van der Waals surface area contributed by atoms with E-state index in [0.29, 0.717) is 17.5 Å². The van der Waals surface area contributed by atoms with E-state index in [2.05, 4.69) is 5.32 Å². The zero-order valence-corrected chi connectivity index (χ0v) is 10.7. The maximum atomic E-state index is 11.7. The van der Waals surface area contributed by atoms with Crippen LogP contribution in [0.3, 0.4) is 0 Å². The molecule has 1 aromatic carbocycles. The first kappa shape index (κ1) is 12.7. The van der Waals surface area contributed by atoms with Gasteiger partial charge < -0.3 is 15.8 Å². The summed E-state index contributed by atoms with van der Waals surface area (Å²) in [5.74, 6) is 0.504. The van der Waals surface area contributed by atoms with Crippen molar-refractivity contribution in [2.24, 2.45) is 0 Å². The summed E-state index contributed by atoms with van der Waals surface area (Å²) in [6.45, 7) is 2.00. The van der Waals surface area contributed by atoms with E-state index in [1.165, 1.54) is 12.8 Å². The Bertz CT molecular complexity index is 426. The van der Waals surface area contributed by atoms with Crippen molar-refractivity contribution < 1.29 is 9.53 Å². The van der Waals surface area contributed by atoms with Gasteiger partial charge in [-0.05, 0) is 37.5 Å². The van der Waals surface area contributed by atoms with Crippen LogP contribution in [-0.2, 0) is 4.79 Å². The van der Waals surface area contributed by atoms with Gasteiger partial charge in [-0.3, -0.25) is 4.79 Å². The quantitative estimate of drug-likeness (QED) is 0.801. The van der Waals surface area contributed by atoms with Gasteiger partial charge in [0, 0.05) is 6.04 Å². The minimum atomic E-state index is -0.0677. The number of carbonyl (C=O) groups is 1. The van der Waals surface area contributed by atoms with Gasteiger partial charge in [0.2, 0.25) is 0 Å². The smallest absolute Gasteiger partial charge is 0.258 e. The highest BCUT2D eigenvalue weighted by molar-refractivity contribution is 5.78. The molecular formula is C14H20N2O2. The SMILES string of the molecule is Cc1ccc(OCC(=O)NC2CCCC2)c(N)c1. The third-order valence-corrected chi connectivity index (χ3v) is 3.24. The van der Waals surface area contributed by atoms with Gasteiger partial charge in [0.05, 0.1) is 5.69 Å². The summed E-state index contributed by atoms with van der Waals surface area (Å²) >= 11 is 0. The lowest BCUT2D eigenvalue weighted by Crippen LogP contribution is -2.36. The van der Waals surface area contributed by atoms with Crippen molar-refractivity contribution in [3.8, 4) is 5.75 Å². The number of hydrogen-bond donors (Lipinski definition) is 2. The Morgan fingerprint density at radius 1 is 1.44 bits per heavy atom. The summed E-state index contributed by atoms with van der Waals surface area (Å²) in [7, 11) is 0. The molecule has 1 aliphatic rings. The number of carbonyl (C=O) groups excluding carboxylic acids is 1. The van der Waals surface area contributed by atoms with E-state index in [1.807, 2.05) is 19.1 Å². The lowest BCUT2D eigenvalue weighted by molar-refractivity contribution is -0.123. The average Bonchev–Trinajstić information content (AvgIpc) is 2.80. The molecule has 4 nitrogen and oxygen atoms in total. The number of anilines is 1. The van der Waals surface area contributed by atoms with E-state index in [4.69, 9.17) is 10.5 Å². The largest absolute Gasteiger partial charge is 0.482 e. The molecule has 3 N–H and O–H groups in total. The van der Waals surface area contributed by atoms with Crippen LogP contribution in [0.4, 0.5) is 5.69 Å². The van der Waals surface area contributed by atoms with Crippen molar-refractivity contribution in [3.05, 3.63) is 23.8 Å². The van der Waals surface area contributed by atoms with Crippen LogP contribution >= 0.6 is 0 Å². The molecule has 0 saturated heterocycles. The fourth-order valence-electron chi connectivity index (χ4n) is 2.28. The minimum absolute atomic E-state index is 0.0315. The van der Waals surface area contributed by atoms with E-state index in [1.54, 1.807) is 6.07 Å². The van der Waals surface area contributed by atoms with Crippen LogP contribution in [0.15, 0.2) is 18.2 Å². The Labute approximate surface area is 108 Å². The van der Waals surface area contributed by atoms with Crippen LogP contribution in [0, 0.1) is 6.92 Å². The molecule has 0 spiro atoms. The van der Waals surface area contributed by atoms with Crippen LogP contribution in [0.25, 0.3) is 0 Å². The Hall–Kier alpha value is -1.71. The van der Waals surface area contributed by atoms with Gasteiger partial charge >= 0.3 is 0 Å². The normalized spacial score (nSPS) is 15.6. The average molecular weight is 248 g/mol. The van der Waals surface area contributed by atoms with Gasteiger partial charge in [0.15, 0.2) is 6.61 Å². The van der Waals surface area contributed by atoms with Crippen molar-refractivity contribution in [1.29, 1.82) is 0 Å². The molecule has 1 fully saturated rings. The number of rotatable bonds is 4. The molecule has 18 heavy (non-hydrogen) atoms. The van der Waals surface area contributed by atoms with E-state index in [-0.39, 0.29) is 12.5 Å². The first-order chi connectivity index (χ1) is 8.65. The molecule has 1 saturated carbocycles. The lowest BCUT2D eigenvalue weighted by Gasteiger charge is -2.13. The molecule has 0 aromatic heterocycles. The van der Waals surface area contributed by atoms with Gasteiger partial charge in [-0.25, -0.2) is 0 Å². The molecule has 0 atom stereocenters. The number of aryl methyl sites for hydroxylation is 1. The monoisotopic (exact) mass is 248 g/mol. The first-order valence-electron chi connectivity index (χ1n) is 6.43. The Morgan fingerprint density at radius 3 is 2.83 bits per heavy atom. The summed E-state index contributed by atoms with van der Waals surface area (Å²) in [5.41, 5.74) is 7.47. The number of amides is 1. The highest BCUT2D eigenvalue weighted by Crippen LogP contribution is 2.22. The maximum Gasteiger partial charge on any atom is 0.258 e. The molecule has 98 valence electrons. The van der Waals surface area contributed by atoms with E-state index in [9.17, 15) is 4.79 Å². The highest BCUT2D eigenvalue weighted by atomic mass is 16.5. The summed E-state index contributed by atoms with van der Waals surface area (Å²) in [5, 5.41) is 2.98. The molecule has 1 aliphatic carbocycles. The Kier molecular flexibility index (Phi) is 4.07. The molecular weight excluding hydrogens is 228 g/mol. The second kappa shape index (κ2) is 5.76. The van der Waals surface area contributed by atoms with Gasteiger partial charge in [-0.2, -0.15) is 0 Å². The lowest BCUT2D eigenvalue weighted by atomic mass is 10.2.